The van der Waals surface area contributed by atoms with Crippen LogP contribution in [0.2, 0.25) is 0 Å². The van der Waals surface area contributed by atoms with Gasteiger partial charge in [-0.05, 0) is 114 Å². The van der Waals surface area contributed by atoms with Crippen LogP contribution in [0.25, 0.3) is 66.6 Å². The fourth-order valence-corrected chi connectivity index (χ4v) is 26.6. The van der Waals surface area contributed by atoms with Crippen molar-refractivity contribution in [1.29, 1.82) is 0 Å². The van der Waals surface area contributed by atoms with Gasteiger partial charge in [0.2, 0.25) is 17.8 Å². The molecule has 9 aliphatic rings. The van der Waals surface area contributed by atoms with Gasteiger partial charge in [0.1, 0.15) is 71.1 Å². The van der Waals surface area contributed by atoms with Crippen LogP contribution < -0.4 is 51.1 Å². The van der Waals surface area contributed by atoms with Crippen molar-refractivity contribution >= 4 is 224 Å². The molecule has 27 atom stereocenters. The van der Waals surface area contributed by atoms with Gasteiger partial charge < -0.3 is 142 Å². The van der Waals surface area contributed by atoms with Crippen LogP contribution in [0.4, 0.5) is 48.1 Å². The van der Waals surface area contributed by atoms with Gasteiger partial charge in [0.25, 0.3) is 16.7 Å². The average molecular weight is 2090 g/mol. The molecule has 0 radical (unpaired) electrons. The Hall–Kier alpha value is -7.10. The molecule has 0 aliphatic carbocycles. The molecule has 21 N–H and O–H groups in total. The zero-order chi connectivity index (χ0) is 92.9. The van der Waals surface area contributed by atoms with E-state index in [0.717, 1.165) is 9.36 Å². The Morgan fingerprint density at radius 2 is 0.727 bits per heavy atom. The number of alkyl halides is 3. The van der Waals surface area contributed by atoms with Gasteiger partial charge in [0, 0.05) is 88.5 Å². The first-order valence-corrected chi connectivity index (χ1v) is 55.5. The SMILES string of the molecule is Nc1nc2c(ncn2[C@@H]2S[C@@H]3COP(O)(=S)O[C@H]4[C@H](F)[C@H](n5ccc6c(N)ccnc65)O[C@@H]4COP(O)(=S)O[C@@H]2C3)c(=O)[nH]1.Nc1nc2c(nnn2[C@@H]2O[C@@H]3COP(O)(=S)O[C@H]4[C@H](F)[C@H](n5ccc6c(N)ccnc65)O[C@@H]4COP(O)(=S)O[C@@H]2C3)c(=O)[nH]1.Nc1nc2c(nnn2[C@@H]2O[C@@H]3COP(O)(=S)O[C@H]4[C@H](F)[C@H](n5ccc6c(N)ccnc65)O[C@@H]4COP(O)(=S)O[C@@H]2C3)c(=O)[nH]1. The molecule has 6 bridgehead atoms. The molecule has 0 aromatic carbocycles. The molecule has 6 unspecified atom stereocenters. The third kappa shape index (κ3) is 18.9. The van der Waals surface area contributed by atoms with E-state index in [1.165, 1.54) is 50.4 Å². The van der Waals surface area contributed by atoms with Gasteiger partial charge in [0.05, 0.1) is 64.3 Å². The van der Waals surface area contributed by atoms with Crippen LogP contribution in [0.1, 0.15) is 55.8 Å². The highest BCUT2D eigenvalue weighted by Crippen LogP contribution is 2.60. The number of anilines is 6. The molecule has 52 nitrogen and oxygen atoms in total. The van der Waals surface area contributed by atoms with Gasteiger partial charge in [-0.3, -0.25) is 47.5 Å². The summed E-state index contributed by atoms with van der Waals surface area (Å²) < 4.78 is 155. The Balaban J connectivity index is 0.000000128. The summed E-state index contributed by atoms with van der Waals surface area (Å²) in [7, 11) is 0. The highest BCUT2D eigenvalue weighted by molar-refractivity contribution is 8.08. The second-order valence-corrected chi connectivity index (χ2v) is 48.7. The lowest BCUT2D eigenvalue weighted by atomic mass is 10.1. The lowest BCUT2D eigenvalue weighted by molar-refractivity contribution is -0.0636. The molecule has 12 aromatic heterocycles. The Bertz CT molecular complexity index is 6380. The lowest BCUT2D eigenvalue weighted by Crippen LogP contribution is -2.34. The number of nitrogens with zero attached hydrogens (tertiary/aromatic N) is 17. The van der Waals surface area contributed by atoms with E-state index in [9.17, 15) is 43.7 Å². The maximum atomic E-state index is 16.1. The van der Waals surface area contributed by atoms with Crippen molar-refractivity contribution < 1.29 is 121 Å². The Morgan fingerprint density at radius 1 is 0.386 bits per heavy atom. The number of halogens is 3. The Labute approximate surface area is 769 Å². The molecular weight excluding hydrogens is 2020 g/mol. The molecule has 0 saturated carbocycles. The predicted octanol–water partition coefficient (Wildman–Crippen LogP) is 2.83. The molecule has 9 saturated heterocycles. The minimum absolute atomic E-state index is 0.0219. The van der Waals surface area contributed by atoms with Gasteiger partial charge in [-0.15, -0.1) is 22.0 Å². The second kappa shape index (κ2) is 36.4. The zero-order valence-electron chi connectivity index (χ0n) is 66.6. The molecule has 68 heteroatoms. The topological polar surface area (TPSA) is 704 Å². The summed E-state index contributed by atoms with van der Waals surface area (Å²) in [6.07, 6.45) is -13.6. The van der Waals surface area contributed by atoms with Crippen LogP contribution >= 0.6 is 52.1 Å². The normalized spacial score (nSPS) is 36.6. The van der Waals surface area contributed by atoms with Gasteiger partial charge in [-0.2, -0.15) is 24.3 Å². The van der Waals surface area contributed by atoms with Crippen LogP contribution in [-0.4, -0.2) is 258 Å². The summed E-state index contributed by atoms with van der Waals surface area (Å²) in [5.41, 5.74) is 35.8. The lowest BCUT2D eigenvalue weighted by Gasteiger charge is -2.27. The van der Waals surface area contributed by atoms with Gasteiger partial charge in [-0.25, -0.2) is 33.1 Å². The monoisotopic (exact) mass is 2090 g/mol. The van der Waals surface area contributed by atoms with E-state index in [2.05, 4.69) is 70.5 Å². The third-order valence-corrected chi connectivity index (χ3v) is 32.9. The number of H-pyrrole nitrogens is 3. The van der Waals surface area contributed by atoms with E-state index >= 15 is 13.2 Å². The third-order valence-electron chi connectivity index (χ3n) is 22.0. The van der Waals surface area contributed by atoms with E-state index in [1.54, 1.807) is 59.6 Å². The maximum Gasteiger partial charge on any atom is 0.325 e. The first-order chi connectivity index (χ1) is 62.7. The number of pyridine rings is 3. The largest absolute Gasteiger partial charge is 0.398 e. The highest BCUT2D eigenvalue weighted by atomic mass is 32.5. The molecule has 9 aliphatic heterocycles. The van der Waals surface area contributed by atoms with Crippen molar-refractivity contribution in [1.82, 2.24) is 98.1 Å². The number of imidazole rings is 1. The summed E-state index contributed by atoms with van der Waals surface area (Å²) in [6.45, 7) is -26.7. The fraction of sp³-hybridized carbons (Fsp3) is 0.469. The number of rotatable bonds is 6. The molecule has 21 heterocycles. The van der Waals surface area contributed by atoms with Gasteiger partial charge in [0.15, 0.2) is 83.1 Å². The molecule has 0 spiro atoms. The van der Waals surface area contributed by atoms with Crippen LogP contribution in [0.3, 0.4) is 0 Å². The smallest absolute Gasteiger partial charge is 0.325 e. The maximum absolute atomic E-state index is 16.1. The zero-order valence-corrected chi connectivity index (χ0v) is 77.7. The molecule has 12 aromatic rings. The number of hydrogen-bond acceptors (Lipinski definition) is 44. The number of aromatic nitrogens is 20. The molecule has 0 amide bonds. The van der Waals surface area contributed by atoms with E-state index in [0.29, 0.717) is 50.2 Å². The molecule has 9 fully saturated rings. The minimum atomic E-state index is -4.11. The van der Waals surface area contributed by atoms with Crippen LogP contribution in [0.5, 0.6) is 0 Å². The van der Waals surface area contributed by atoms with Crippen molar-refractivity contribution in [3.63, 3.8) is 0 Å². The van der Waals surface area contributed by atoms with Crippen LogP contribution in [0, 0.1) is 0 Å². The van der Waals surface area contributed by atoms with Crippen LogP contribution in [0.15, 0.2) is 94.3 Å². The highest BCUT2D eigenvalue weighted by Gasteiger charge is 2.56. The van der Waals surface area contributed by atoms with Crippen LogP contribution in [-0.2, 0) is 149 Å². The number of aromatic amines is 3. The second-order valence-electron chi connectivity index (χ2n) is 30.6. The van der Waals surface area contributed by atoms with Crippen molar-refractivity contribution in [2.24, 2.45) is 0 Å². The Kier molecular flexibility index (Phi) is 25.9. The minimum Gasteiger partial charge on any atom is -0.398 e. The number of nitrogen functional groups attached to an aromatic ring is 6. The number of hydrogen-bond donors (Lipinski definition) is 15. The number of nitrogens with two attached hydrogens (primary N) is 6. The number of thioether (sulfide) groups is 1. The van der Waals surface area contributed by atoms with Gasteiger partial charge >= 0.3 is 40.3 Å². The predicted molar refractivity (Wildman–Crippen MR) is 478 cm³/mol. The summed E-state index contributed by atoms with van der Waals surface area (Å²) in [5, 5.41) is 16.3. The quantitative estimate of drug-likeness (QED) is 0.106. The fourth-order valence-electron chi connectivity index (χ4n) is 16.2. The molecule has 21 rings (SSSR count). The average Bonchev–Trinajstić information content (AvgIpc) is 1.64. The number of fused-ring (bicyclic) bond motifs is 15. The van der Waals surface area contributed by atoms with Crippen molar-refractivity contribution in [3.05, 3.63) is 111 Å². The van der Waals surface area contributed by atoms with Crippen molar-refractivity contribution in [3.8, 4) is 0 Å². The first kappa shape index (κ1) is 93.9. The van der Waals surface area contributed by atoms with E-state index < -0.39 is 199 Å². The standard InChI is InChI=1S/C22H25FN8O8P2S3.2C21H24FN9O9P2S2/c23-14-16-13(37-20(14)30-4-2-10-11(24)1-3-26-17(10)30)7-36-40(33,42)38-12-5-9(6-35-41(34,43)39-16)44-21(12)31-8-27-15-18(31)28-22(25)29-19(15)32;2*22-13-15-12(38-20(13)30-4-2-9-10(23)1-3-25-16(9)30)7-36-41(33,43)39-11-5-8(6-35-42(34,44)40-15)37-19(11)31-17-14(28-29-31)18(32)27-21(24)26-17/h1-4,8-9,12-14,16,20-21H,5-7H2,(H2,24,26)(H,33,42)(H,34,43)(H3,25,28,29,32);2*1-4,8,11-13,15,19-20H,5-7H2,(H2,23,25)(H,33,43)(H,34,44)(H3,24,26,27,32)/t9-,12+,13+,14-,16+,20+,21+,40?,41?;2*8-,11+,12+,13-,15+,19+,20+,41?,42?/m000/s1. The van der Waals surface area contributed by atoms with Crippen molar-refractivity contribution in [2.75, 3.05) is 74.0 Å². The Morgan fingerprint density at radius 3 is 1.11 bits per heavy atom. The van der Waals surface area contributed by atoms with Gasteiger partial charge in [-0.1, -0.05) is 10.4 Å². The molecule has 132 heavy (non-hydrogen) atoms. The summed E-state index contributed by atoms with van der Waals surface area (Å²) in [6, 6.07) is 9.82. The first-order valence-electron chi connectivity index (χ1n) is 39.0. The van der Waals surface area contributed by atoms with E-state index in [-0.39, 0.29) is 95.7 Å². The summed E-state index contributed by atoms with van der Waals surface area (Å²) in [4.78, 5) is 139. The van der Waals surface area contributed by atoms with E-state index in [4.69, 9.17) is 183 Å². The summed E-state index contributed by atoms with van der Waals surface area (Å²) >= 11 is 32.9. The number of nitrogens with one attached hydrogen (secondary N) is 3. The molecule has 708 valence electrons. The number of ether oxygens (including phenoxy) is 5. The summed E-state index contributed by atoms with van der Waals surface area (Å²) in [5.74, 6) is -0.497. The molecular formula is C64H73F3N26O26P6S7. The van der Waals surface area contributed by atoms with Crippen molar-refractivity contribution in [2.45, 2.75) is 147 Å². The van der Waals surface area contributed by atoms with E-state index in [1.807, 2.05) is 0 Å².